The van der Waals surface area contributed by atoms with Crippen LogP contribution in [0.2, 0.25) is 0 Å². The van der Waals surface area contributed by atoms with Gasteiger partial charge in [-0.25, -0.2) is 4.90 Å². The molecule has 0 unspecified atom stereocenters. The van der Waals surface area contributed by atoms with E-state index >= 15 is 0 Å². The van der Waals surface area contributed by atoms with Crippen molar-refractivity contribution in [3.05, 3.63) is 63.7 Å². The van der Waals surface area contributed by atoms with E-state index in [0.29, 0.717) is 23.2 Å². The number of hydrogen-bond acceptors (Lipinski definition) is 7. The fourth-order valence-electron chi connectivity index (χ4n) is 5.44. The Bertz CT molecular complexity index is 1220. The smallest absolute Gasteiger partial charge is 0.271 e. The zero-order valence-corrected chi connectivity index (χ0v) is 18.8. The van der Waals surface area contributed by atoms with Gasteiger partial charge in [-0.05, 0) is 37.0 Å². The number of nitrogens with one attached hydrogen (secondary N) is 2. The molecule has 170 valence electrons. The highest BCUT2D eigenvalue weighted by atomic mass is 32.2. The number of carbonyl (C=O) groups is 3. The maximum atomic E-state index is 13.9. The van der Waals surface area contributed by atoms with Gasteiger partial charge in [0, 0.05) is 29.4 Å². The first-order valence-corrected chi connectivity index (χ1v) is 12.0. The van der Waals surface area contributed by atoms with Gasteiger partial charge in [0.05, 0.1) is 22.4 Å². The molecule has 0 aromatic heterocycles. The van der Waals surface area contributed by atoms with Crippen molar-refractivity contribution in [2.75, 3.05) is 22.2 Å². The number of non-ortho nitro benzene ring substituents is 1. The molecule has 2 aromatic rings. The van der Waals surface area contributed by atoms with Crippen LogP contribution >= 0.6 is 11.8 Å². The second kappa shape index (κ2) is 7.67. The number of imide groups is 1. The first-order chi connectivity index (χ1) is 15.8. The van der Waals surface area contributed by atoms with Crippen LogP contribution in [0.4, 0.5) is 17.1 Å². The van der Waals surface area contributed by atoms with E-state index in [9.17, 15) is 24.5 Å². The van der Waals surface area contributed by atoms with Crippen molar-refractivity contribution in [1.29, 1.82) is 0 Å². The van der Waals surface area contributed by atoms with E-state index < -0.39 is 34.1 Å². The Kier molecular flexibility index (Phi) is 5.02. The molecule has 2 aromatic carbocycles. The Labute approximate surface area is 194 Å². The number of nitrogens with zero attached hydrogens (tertiary/aromatic N) is 2. The average molecular weight is 467 g/mol. The third-order valence-electron chi connectivity index (χ3n) is 6.90. The van der Waals surface area contributed by atoms with Crippen molar-refractivity contribution >= 4 is 46.5 Å². The van der Waals surface area contributed by atoms with Gasteiger partial charge in [0.15, 0.2) is 0 Å². The third-order valence-corrected chi connectivity index (χ3v) is 7.54. The maximum Gasteiger partial charge on any atom is 0.271 e. The number of rotatable bonds is 5. The minimum atomic E-state index is -1.36. The SMILES string of the molecule is CSCC[C@@H]1N[C@@]2(C(=O)Nc3ccccc32)[C@@H]2C(=O)N(c3cc([N+](=O)[O-])ccc3C)C(=O)[C@H]12. The number of carbonyl (C=O) groups excluding carboxylic acids is 3. The molecule has 3 aliphatic heterocycles. The van der Waals surface area contributed by atoms with Crippen LogP contribution in [0.25, 0.3) is 0 Å². The standard InChI is InChI=1S/C23H22N4O5S/c1-12-7-8-13(27(31)32)11-17(12)26-20(28)18-16(9-10-33-2)25-23(19(18)21(26)29)14-5-3-4-6-15(14)24-22(23)30/h3-8,11,16,18-19,25H,9-10H2,1-2H3,(H,24,30)/t16-,18+,19-,23+/m0/s1. The van der Waals surface area contributed by atoms with E-state index in [0.717, 1.165) is 10.7 Å². The number of thioether (sulfide) groups is 1. The van der Waals surface area contributed by atoms with E-state index in [2.05, 4.69) is 10.6 Å². The van der Waals surface area contributed by atoms with Crippen molar-refractivity contribution in [3.8, 4) is 0 Å². The molecule has 3 heterocycles. The Balaban J connectivity index is 1.66. The highest BCUT2D eigenvalue weighted by Gasteiger charge is 2.70. The summed E-state index contributed by atoms with van der Waals surface area (Å²) in [6.45, 7) is 1.70. The van der Waals surface area contributed by atoms with E-state index in [4.69, 9.17) is 0 Å². The molecular formula is C23H22N4O5S. The van der Waals surface area contributed by atoms with Crippen LogP contribution in [0, 0.1) is 28.9 Å². The van der Waals surface area contributed by atoms with E-state index in [1.54, 1.807) is 43.0 Å². The van der Waals surface area contributed by atoms with Crippen molar-refractivity contribution in [2.24, 2.45) is 11.8 Å². The first-order valence-electron chi connectivity index (χ1n) is 10.6. The van der Waals surface area contributed by atoms with E-state index in [1.165, 1.54) is 18.2 Å². The van der Waals surface area contributed by atoms with Crippen molar-refractivity contribution in [1.82, 2.24) is 5.32 Å². The molecule has 2 N–H and O–H groups in total. The quantitative estimate of drug-likeness (QED) is 0.395. The lowest BCUT2D eigenvalue weighted by Crippen LogP contribution is -2.53. The average Bonchev–Trinajstić information content (AvgIpc) is 3.37. The summed E-state index contributed by atoms with van der Waals surface area (Å²) in [5, 5.41) is 17.6. The summed E-state index contributed by atoms with van der Waals surface area (Å²) in [7, 11) is 0. The Hall–Kier alpha value is -3.24. The number of fused-ring (bicyclic) bond motifs is 4. The van der Waals surface area contributed by atoms with Crippen LogP contribution in [0.5, 0.6) is 0 Å². The number of amides is 3. The second-order valence-electron chi connectivity index (χ2n) is 8.58. The molecule has 0 saturated carbocycles. The molecule has 0 aliphatic carbocycles. The summed E-state index contributed by atoms with van der Waals surface area (Å²) in [6, 6.07) is 10.9. The van der Waals surface area contributed by atoms with Crippen molar-refractivity contribution in [2.45, 2.75) is 24.9 Å². The van der Waals surface area contributed by atoms with Gasteiger partial charge < -0.3 is 5.32 Å². The lowest BCUT2D eigenvalue weighted by atomic mass is 9.76. The van der Waals surface area contributed by atoms with Gasteiger partial charge in [0.25, 0.3) is 5.69 Å². The highest BCUT2D eigenvalue weighted by molar-refractivity contribution is 7.98. The zero-order valence-electron chi connectivity index (χ0n) is 18.0. The summed E-state index contributed by atoms with van der Waals surface area (Å²) in [4.78, 5) is 52.8. The number of benzene rings is 2. The van der Waals surface area contributed by atoms with E-state index in [1.807, 2.05) is 6.26 Å². The molecule has 5 rings (SSSR count). The molecule has 33 heavy (non-hydrogen) atoms. The van der Waals surface area contributed by atoms with Crippen LogP contribution in [-0.4, -0.2) is 40.7 Å². The van der Waals surface area contributed by atoms with Gasteiger partial charge in [-0.1, -0.05) is 24.3 Å². The number of aryl methyl sites for hydroxylation is 1. The predicted molar refractivity (Wildman–Crippen MR) is 124 cm³/mol. The lowest BCUT2D eigenvalue weighted by molar-refractivity contribution is -0.384. The molecule has 2 fully saturated rings. The van der Waals surface area contributed by atoms with Crippen molar-refractivity contribution < 1.29 is 19.3 Å². The minimum absolute atomic E-state index is 0.194. The summed E-state index contributed by atoms with van der Waals surface area (Å²) < 4.78 is 0. The number of hydrogen-bond donors (Lipinski definition) is 2. The Morgan fingerprint density at radius 2 is 1.91 bits per heavy atom. The number of nitro groups is 1. The predicted octanol–water partition coefficient (Wildman–Crippen LogP) is 2.58. The Morgan fingerprint density at radius 3 is 2.64 bits per heavy atom. The van der Waals surface area contributed by atoms with Gasteiger partial charge in [-0.3, -0.25) is 29.8 Å². The summed E-state index contributed by atoms with van der Waals surface area (Å²) >= 11 is 1.62. The molecular weight excluding hydrogens is 444 g/mol. The van der Waals surface area contributed by atoms with Crippen LogP contribution in [0.3, 0.4) is 0 Å². The monoisotopic (exact) mass is 466 g/mol. The number of para-hydroxylation sites is 1. The van der Waals surface area contributed by atoms with Crippen LogP contribution in [0.1, 0.15) is 17.5 Å². The third kappa shape index (κ3) is 2.94. The van der Waals surface area contributed by atoms with Gasteiger partial charge in [-0.2, -0.15) is 11.8 Å². The molecule has 1 spiro atoms. The molecule has 9 nitrogen and oxygen atoms in total. The largest absolute Gasteiger partial charge is 0.324 e. The van der Waals surface area contributed by atoms with Gasteiger partial charge in [0.1, 0.15) is 5.54 Å². The number of nitro benzene ring substituents is 1. The first kappa shape index (κ1) is 21.6. The van der Waals surface area contributed by atoms with E-state index in [-0.39, 0.29) is 23.3 Å². The molecule has 2 saturated heterocycles. The van der Waals surface area contributed by atoms with Crippen LogP contribution < -0.4 is 15.5 Å². The fraction of sp³-hybridized carbons (Fsp3) is 0.348. The summed E-state index contributed by atoms with van der Waals surface area (Å²) in [5.41, 5.74) is 0.463. The molecule has 0 bridgehead atoms. The van der Waals surface area contributed by atoms with Crippen LogP contribution in [0.15, 0.2) is 42.5 Å². The molecule has 3 aliphatic rings. The molecule has 10 heteroatoms. The topological polar surface area (TPSA) is 122 Å². The minimum Gasteiger partial charge on any atom is -0.324 e. The lowest BCUT2D eigenvalue weighted by Gasteiger charge is -2.29. The Morgan fingerprint density at radius 1 is 1.15 bits per heavy atom. The van der Waals surface area contributed by atoms with Crippen molar-refractivity contribution in [3.63, 3.8) is 0 Å². The normalized spacial score (nSPS) is 27.8. The molecule has 4 atom stereocenters. The second-order valence-corrected chi connectivity index (χ2v) is 9.57. The van der Waals surface area contributed by atoms with Crippen LogP contribution in [-0.2, 0) is 19.9 Å². The highest BCUT2D eigenvalue weighted by Crippen LogP contribution is 2.54. The molecule has 0 radical (unpaired) electrons. The summed E-state index contributed by atoms with van der Waals surface area (Å²) in [5.74, 6) is -2.25. The summed E-state index contributed by atoms with van der Waals surface area (Å²) in [6.07, 6.45) is 2.56. The number of anilines is 2. The van der Waals surface area contributed by atoms with Gasteiger partial charge in [-0.15, -0.1) is 0 Å². The van der Waals surface area contributed by atoms with Gasteiger partial charge in [0.2, 0.25) is 17.7 Å². The van der Waals surface area contributed by atoms with Gasteiger partial charge >= 0.3 is 0 Å². The fourth-order valence-corrected chi connectivity index (χ4v) is 5.93. The molecule has 3 amide bonds. The zero-order chi connectivity index (χ0) is 23.5. The maximum absolute atomic E-state index is 13.9.